The molecule has 0 aromatic rings. The Hall–Kier alpha value is 1.02. The lowest BCUT2D eigenvalue weighted by Gasteiger charge is -2.05. The van der Waals surface area contributed by atoms with Crippen molar-refractivity contribution < 1.29 is 9.59 Å². The van der Waals surface area contributed by atoms with Gasteiger partial charge in [0.1, 0.15) is 0 Å². The molecule has 0 saturated carbocycles. The van der Waals surface area contributed by atoms with Crippen LogP contribution in [0.2, 0.25) is 0 Å². The van der Waals surface area contributed by atoms with E-state index in [9.17, 15) is 9.59 Å². The smallest absolute Gasteiger partial charge is 0.193 e. The average molecular weight is 719 g/mol. The van der Waals surface area contributed by atoms with Gasteiger partial charge in [-0.15, -0.1) is 23.5 Å². The monoisotopic (exact) mass is 718 g/mol. The second kappa shape index (κ2) is 16.4. The van der Waals surface area contributed by atoms with E-state index in [0.29, 0.717) is 9.81 Å². The van der Waals surface area contributed by atoms with Gasteiger partial charge in [-0.25, -0.2) is 0 Å². The molecule has 4 heterocycles. The summed E-state index contributed by atoms with van der Waals surface area (Å²) in [6.07, 6.45) is 17.5. The van der Waals surface area contributed by atoms with Gasteiger partial charge in [0.05, 0.1) is 43.7 Å². The number of hydrogen-bond acceptors (Lipinski definition) is 12. The van der Waals surface area contributed by atoms with Gasteiger partial charge in [0.2, 0.25) is 0 Å². The molecule has 0 radical (unpaired) electrons. The van der Waals surface area contributed by atoms with Gasteiger partial charge in [0, 0.05) is 0 Å². The minimum Gasteiger partial charge on any atom is -0.289 e. The topological polar surface area (TPSA) is 34.1 Å². The maximum absolute atomic E-state index is 12.1. The molecular weight excluding hydrogens is 689 g/mol. The number of unbranched alkanes of at least 4 members (excludes halogenated alkanes) is 6. The van der Waals surface area contributed by atoms with Gasteiger partial charge < -0.3 is 0 Å². The lowest BCUT2D eigenvalue weighted by molar-refractivity contribution is -0.114. The van der Waals surface area contributed by atoms with Gasteiger partial charge in [-0.2, -0.15) is 0 Å². The molecule has 5 rings (SSSR count). The van der Waals surface area contributed by atoms with Crippen LogP contribution in [-0.4, -0.2) is 23.1 Å². The largest absolute Gasteiger partial charge is 0.289 e. The molecule has 0 aromatic heterocycles. The van der Waals surface area contributed by atoms with Crippen LogP contribution in [0.4, 0.5) is 0 Å². The Balaban J connectivity index is 1.15. The summed E-state index contributed by atoms with van der Waals surface area (Å²) >= 11 is 18.6. The maximum atomic E-state index is 12.1. The second-order valence-corrected chi connectivity index (χ2v) is 21.6. The second-order valence-electron chi connectivity index (χ2n) is 9.05. The summed E-state index contributed by atoms with van der Waals surface area (Å²) in [6.45, 7) is 4.56. The molecule has 0 saturated heterocycles. The Kier molecular flexibility index (Phi) is 13.3. The summed E-state index contributed by atoms with van der Waals surface area (Å²) < 4.78 is 11.0. The van der Waals surface area contributed by atoms with Crippen LogP contribution in [0.3, 0.4) is 0 Å². The van der Waals surface area contributed by atoms with E-state index in [1.165, 1.54) is 128 Å². The first kappa shape index (κ1) is 32.4. The third-order valence-corrected chi connectivity index (χ3v) is 20.2. The molecule has 0 bridgehead atoms. The molecule has 0 aromatic carbocycles. The van der Waals surface area contributed by atoms with Crippen LogP contribution in [0.5, 0.6) is 0 Å². The van der Waals surface area contributed by atoms with Crippen LogP contribution in [-0.2, 0) is 9.59 Å². The summed E-state index contributed by atoms with van der Waals surface area (Å²) in [5.74, 6) is 2.33. The van der Waals surface area contributed by atoms with E-state index in [-0.39, 0.29) is 11.6 Å². The molecule has 0 amide bonds. The lowest BCUT2D eigenvalue weighted by Crippen LogP contribution is -2.07. The number of carbonyl (C=O) groups excluding carboxylic acids is 2. The molecular formula is C28H30O2S10. The Bertz CT molecular complexity index is 1190. The van der Waals surface area contributed by atoms with Crippen molar-refractivity contribution in [2.24, 2.45) is 0 Å². The Labute approximate surface area is 280 Å². The van der Waals surface area contributed by atoms with E-state index in [1.807, 2.05) is 70.6 Å². The fraction of sp³-hybridized carbons (Fsp3) is 0.429. The highest BCUT2D eigenvalue weighted by Crippen LogP contribution is 2.70. The van der Waals surface area contributed by atoms with E-state index in [2.05, 4.69) is 49.5 Å². The molecule has 12 heteroatoms. The summed E-state index contributed by atoms with van der Waals surface area (Å²) in [4.78, 5) is 25.4. The highest BCUT2D eigenvalue weighted by atomic mass is 32.3. The first-order valence-electron chi connectivity index (χ1n) is 13.4. The molecule has 4 aliphatic heterocycles. The van der Waals surface area contributed by atoms with Crippen molar-refractivity contribution >= 4 is 129 Å². The van der Waals surface area contributed by atoms with Crippen LogP contribution in [0.1, 0.15) is 65.2 Å². The Morgan fingerprint density at radius 2 is 0.975 bits per heavy atom. The van der Waals surface area contributed by atoms with Gasteiger partial charge in [-0.05, 0) is 48.7 Å². The van der Waals surface area contributed by atoms with Gasteiger partial charge in [-0.3, -0.25) is 9.59 Å². The molecule has 0 fully saturated rings. The number of allylic oxidation sites excluding steroid dienone is 6. The van der Waals surface area contributed by atoms with Gasteiger partial charge in [-0.1, -0.05) is 146 Å². The van der Waals surface area contributed by atoms with Crippen molar-refractivity contribution in [1.29, 1.82) is 0 Å². The molecule has 0 atom stereocenters. The molecule has 0 N–H and O–H groups in total. The van der Waals surface area contributed by atoms with Crippen LogP contribution in [0, 0.1) is 0 Å². The fourth-order valence-corrected chi connectivity index (χ4v) is 18.6. The minimum atomic E-state index is -0.0602. The van der Waals surface area contributed by atoms with Crippen molar-refractivity contribution in [1.82, 2.24) is 0 Å². The predicted octanol–water partition coefficient (Wildman–Crippen LogP) is 12.5. The number of thioether (sulfide) groups is 10. The van der Waals surface area contributed by atoms with Crippen molar-refractivity contribution in [2.75, 3.05) is 11.5 Å². The van der Waals surface area contributed by atoms with Crippen molar-refractivity contribution in [2.45, 2.75) is 65.2 Å². The number of ketones is 2. The van der Waals surface area contributed by atoms with Gasteiger partial charge in [0.25, 0.3) is 0 Å². The third kappa shape index (κ3) is 8.59. The molecule has 2 nitrogen and oxygen atoms in total. The summed E-state index contributed by atoms with van der Waals surface area (Å²) in [5, 5.41) is 0. The number of hydrogen-bond donors (Lipinski definition) is 0. The number of rotatable bonds is 13. The average Bonchev–Trinajstić information content (AvgIpc) is 3.72. The van der Waals surface area contributed by atoms with Crippen LogP contribution in [0.25, 0.3) is 0 Å². The standard InChI is InChI=1S/C28H30O2S10/c1-3-5-7-9-15-31-23-24(32-16-10-8-6-4-2)38-27(37-23)28-39-25-26(40-28)36-20(35-25)14-13-19-33-21-17(29)11-12-18(30)22(21)34-19/h11-14H,3-10,15-16H2,1-2H3. The normalized spacial score (nSPS) is 20.6. The van der Waals surface area contributed by atoms with Crippen molar-refractivity contribution in [3.63, 3.8) is 0 Å². The van der Waals surface area contributed by atoms with E-state index in [1.54, 1.807) is 0 Å². The van der Waals surface area contributed by atoms with Gasteiger partial charge in [0.15, 0.2) is 11.6 Å². The Morgan fingerprint density at radius 3 is 1.45 bits per heavy atom. The highest BCUT2D eigenvalue weighted by molar-refractivity contribution is 8.49. The van der Waals surface area contributed by atoms with E-state index < -0.39 is 0 Å². The molecule has 0 spiro atoms. The van der Waals surface area contributed by atoms with Crippen molar-refractivity contribution in [3.05, 3.63) is 68.0 Å². The van der Waals surface area contributed by atoms with Crippen molar-refractivity contribution in [3.8, 4) is 0 Å². The molecule has 5 aliphatic rings. The predicted molar refractivity (Wildman–Crippen MR) is 197 cm³/mol. The zero-order chi connectivity index (χ0) is 27.9. The quantitative estimate of drug-likeness (QED) is 0.134. The molecule has 0 unspecified atom stereocenters. The summed E-state index contributed by atoms with van der Waals surface area (Å²) in [5.41, 5.74) is 0. The van der Waals surface area contributed by atoms with Crippen LogP contribution >= 0.6 is 118 Å². The fourth-order valence-electron chi connectivity index (χ4n) is 3.82. The first-order valence-corrected chi connectivity index (χ1v) is 21.9. The zero-order valence-electron chi connectivity index (χ0n) is 22.3. The first-order chi connectivity index (χ1) is 19.6. The molecule has 40 heavy (non-hydrogen) atoms. The zero-order valence-corrected chi connectivity index (χ0v) is 30.4. The van der Waals surface area contributed by atoms with Crippen LogP contribution < -0.4 is 0 Å². The molecule has 214 valence electrons. The third-order valence-electron chi connectivity index (χ3n) is 5.89. The Morgan fingerprint density at radius 1 is 0.550 bits per heavy atom. The lowest BCUT2D eigenvalue weighted by atomic mass is 10.2. The van der Waals surface area contributed by atoms with Crippen LogP contribution in [0.15, 0.2) is 68.0 Å². The van der Waals surface area contributed by atoms with E-state index >= 15 is 0 Å². The van der Waals surface area contributed by atoms with E-state index in [4.69, 9.17) is 0 Å². The maximum Gasteiger partial charge on any atom is 0.193 e. The highest BCUT2D eigenvalue weighted by Gasteiger charge is 2.35. The summed E-state index contributed by atoms with van der Waals surface area (Å²) in [7, 11) is 0. The van der Waals surface area contributed by atoms with E-state index in [0.717, 1.165) is 4.24 Å². The number of carbonyl (C=O) groups is 2. The minimum absolute atomic E-state index is 0.0602. The SMILES string of the molecule is CCCCCCSC1=C(SCCCCCC)SC(=C2SC3=C(SC(=CC=C4SC5=C(S4)C(=O)C=CC5=O)S3)S2)S1. The summed E-state index contributed by atoms with van der Waals surface area (Å²) in [6, 6.07) is 0. The van der Waals surface area contributed by atoms with Gasteiger partial charge >= 0.3 is 0 Å². The molecule has 1 aliphatic carbocycles.